The van der Waals surface area contributed by atoms with Crippen LogP contribution in [-0.2, 0) is 4.79 Å². The van der Waals surface area contributed by atoms with Crippen molar-refractivity contribution in [1.29, 1.82) is 5.26 Å². The minimum absolute atomic E-state index is 0.152. The van der Waals surface area contributed by atoms with E-state index in [1.807, 2.05) is 49.4 Å². The van der Waals surface area contributed by atoms with Crippen LogP contribution in [0.15, 0.2) is 52.9 Å². The van der Waals surface area contributed by atoms with Gasteiger partial charge < -0.3 is 15.1 Å². The van der Waals surface area contributed by atoms with Gasteiger partial charge in [0.2, 0.25) is 23.4 Å². The maximum atomic E-state index is 12.1. The largest absolute Gasteiger partial charge is 0.419 e. The molecule has 1 amide bonds. The standard InChI is InChI=1S/C20H17ClN4O2/c1-13-7-8-15(11-16(13)21)24-18(26)9-10-23-20-17(12-22)25-19(27-20)14-5-3-2-4-6-14/h2-8,11,23H,9-10H2,1H3,(H,24,26). The van der Waals surface area contributed by atoms with Gasteiger partial charge in [0.25, 0.3) is 0 Å². The predicted molar refractivity (Wildman–Crippen MR) is 105 cm³/mol. The molecule has 0 spiro atoms. The molecular weight excluding hydrogens is 364 g/mol. The highest BCUT2D eigenvalue weighted by Gasteiger charge is 2.14. The minimum Gasteiger partial charge on any atom is -0.419 e. The number of nitriles is 1. The Morgan fingerprint density at radius 3 is 2.74 bits per heavy atom. The van der Waals surface area contributed by atoms with Crippen LogP contribution in [0.1, 0.15) is 17.7 Å². The van der Waals surface area contributed by atoms with E-state index in [1.54, 1.807) is 12.1 Å². The number of benzene rings is 2. The van der Waals surface area contributed by atoms with Gasteiger partial charge in [0.15, 0.2) is 0 Å². The molecule has 1 aromatic heterocycles. The smallest absolute Gasteiger partial charge is 0.232 e. The third-order valence-corrected chi connectivity index (χ3v) is 4.25. The molecule has 0 bridgehead atoms. The zero-order valence-electron chi connectivity index (χ0n) is 14.6. The third-order valence-electron chi connectivity index (χ3n) is 3.85. The second-order valence-electron chi connectivity index (χ2n) is 5.86. The van der Waals surface area contributed by atoms with E-state index in [4.69, 9.17) is 16.0 Å². The van der Waals surface area contributed by atoms with Crippen LogP contribution in [0.5, 0.6) is 0 Å². The fourth-order valence-corrected chi connectivity index (χ4v) is 2.58. The van der Waals surface area contributed by atoms with Crippen LogP contribution in [0.2, 0.25) is 5.02 Å². The van der Waals surface area contributed by atoms with Gasteiger partial charge in [0, 0.05) is 29.2 Å². The van der Waals surface area contributed by atoms with Crippen LogP contribution < -0.4 is 10.6 Å². The Morgan fingerprint density at radius 2 is 2.04 bits per heavy atom. The summed E-state index contributed by atoms with van der Waals surface area (Å²) in [5, 5.41) is 15.6. The summed E-state index contributed by atoms with van der Waals surface area (Å²) < 4.78 is 5.63. The highest BCUT2D eigenvalue weighted by Crippen LogP contribution is 2.25. The summed E-state index contributed by atoms with van der Waals surface area (Å²) in [4.78, 5) is 16.3. The van der Waals surface area contributed by atoms with Gasteiger partial charge >= 0.3 is 0 Å². The van der Waals surface area contributed by atoms with E-state index >= 15 is 0 Å². The van der Waals surface area contributed by atoms with Gasteiger partial charge in [-0.25, -0.2) is 0 Å². The monoisotopic (exact) mass is 380 g/mol. The van der Waals surface area contributed by atoms with Crippen molar-refractivity contribution in [3.05, 3.63) is 64.8 Å². The summed E-state index contributed by atoms with van der Waals surface area (Å²) >= 11 is 6.05. The van der Waals surface area contributed by atoms with Crippen molar-refractivity contribution in [2.24, 2.45) is 0 Å². The molecule has 0 atom stereocenters. The lowest BCUT2D eigenvalue weighted by Gasteiger charge is -2.07. The molecule has 0 saturated heterocycles. The van der Waals surface area contributed by atoms with Crippen LogP contribution in [0.3, 0.4) is 0 Å². The molecule has 0 saturated carbocycles. The topological polar surface area (TPSA) is 90.9 Å². The van der Waals surface area contributed by atoms with Crippen molar-refractivity contribution in [3.8, 4) is 17.5 Å². The van der Waals surface area contributed by atoms with Crippen LogP contribution in [0, 0.1) is 18.3 Å². The van der Waals surface area contributed by atoms with E-state index in [0.29, 0.717) is 23.1 Å². The molecule has 136 valence electrons. The second kappa shape index (κ2) is 8.39. The molecule has 0 aliphatic heterocycles. The van der Waals surface area contributed by atoms with Crippen LogP contribution >= 0.6 is 11.6 Å². The fourth-order valence-electron chi connectivity index (χ4n) is 2.40. The maximum Gasteiger partial charge on any atom is 0.232 e. The summed E-state index contributed by atoms with van der Waals surface area (Å²) in [6.07, 6.45) is 0.192. The number of oxazole rings is 1. The highest BCUT2D eigenvalue weighted by atomic mass is 35.5. The lowest BCUT2D eigenvalue weighted by Crippen LogP contribution is -2.16. The maximum absolute atomic E-state index is 12.1. The molecule has 0 aliphatic rings. The Hall–Kier alpha value is -3.30. The Bertz CT molecular complexity index is 993. The lowest BCUT2D eigenvalue weighted by molar-refractivity contribution is -0.115. The number of carbonyl (C=O) groups is 1. The summed E-state index contributed by atoms with van der Waals surface area (Å²) in [5.74, 6) is 0.430. The Morgan fingerprint density at radius 1 is 1.26 bits per heavy atom. The van der Waals surface area contributed by atoms with Gasteiger partial charge in [-0.05, 0) is 36.8 Å². The number of aromatic nitrogens is 1. The molecule has 0 aliphatic carbocycles. The molecule has 27 heavy (non-hydrogen) atoms. The van der Waals surface area contributed by atoms with Gasteiger partial charge in [-0.3, -0.25) is 4.79 Å². The summed E-state index contributed by atoms with van der Waals surface area (Å²) in [7, 11) is 0. The molecule has 3 aromatic rings. The van der Waals surface area contributed by atoms with Crippen molar-refractivity contribution >= 4 is 29.1 Å². The molecule has 3 rings (SSSR count). The fraction of sp³-hybridized carbons (Fsp3) is 0.150. The number of hydrogen-bond acceptors (Lipinski definition) is 5. The Kier molecular flexibility index (Phi) is 5.74. The molecule has 6 nitrogen and oxygen atoms in total. The van der Waals surface area contributed by atoms with Crippen molar-refractivity contribution in [2.75, 3.05) is 17.2 Å². The van der Waals surface area contributed by atoms with Gasteiger partial charge in [-0.15, -0.1) is 0 Å². The number of aryl methyl sites for hydroxylation is 1. The van der Waals surface area contributed by atoms with Gasteiger partial charge in [0.05, 0.1) is 0 Å². The predicted octanol–water partition coefficient (Wildman–Crippen LogP) is 4.62. The minimum atomic E-state index is -0.177. The third kappa shape index (κ3) is 4.66. The zero-order chi connectivity index (χ0) is 19.2. The SMILES string of the molecule is Cc1ccc(NC(=O)CCNc2oc(-c3ccccc3)nc2C#N)cc1Cl. The highest BCUT2D eigenvalue weighted by molar-refractivity contribution is 6.31. The molecule has 1 heterocycles. The number of anilines is 2. The first-order valence-electron chi connectivity index (χ1n) is 8.33. The summed E-state index contributed by atoms with van der Waals surface area (Å²) in [6, 6.07) is 16.6. The number of carbonyl (C=O) groups excluding carboxylic acids is 1. The molecule has 0 fully saturated rings. The normalized spacial score (nSPS) is 10.3. The number of rotatable bonds is 6. The molecule has 0 unspecified atom stereocenters. The van der Waals surface area contributed by atoms with Crippen molar-refractivity contribution in [2.45, 2.75) is 13.3 Å². The number of nitrogens with zero attached hydrogens (tertiary/aromatic N) is 2. The molecule has 7 heteroatoms. The summed E-state index contributed by atoms with van der Waals surface area (Å²) in [5.41, 5.74) is 2.51. The van der Waals surface area contributed by atoms with Crippen LogP contribution in [-0.4, -0.2) is 17.4 Å². The van der Waals surface area contributed by atoms with E-state index in [1.165, 1.54) is 0 Å². The number of hydrogen-bond donors (Lipinski definition) is 2. The van der Waals surface area contributed by atoms with Gasteiger partial charge in [-0.1, -0.05) is 35.9 Å². The quantitative estimate of drug-likeness (QED) is 0.651. The molecular formula is C20H17ClN4O2. The van der Waals surface area contributed by atoms with Crippen LogP contribution in [0.25, 0.3) is 11.5 Å². The number of nitrogens with one attached hydrogen (secondary N) is 2. The number of amides is 1. The van der Waals surface area contributed by atoms with Gasteiger partial charge in [-0.2, -0.15) is 10.2 Å². The molecule has 2 N–H and O–H groups in total. The van der Waals surface area contributed by atoms with Gasteiger partial charge in [0.1, 0.15) is 6.07 Å². The lowest BCUT2D eigenvalue weighted by atomic mass is 10.2. The second-order valence-corrected chi connectivity index (χ2v) is 6.27. The first-order valence-corrected chi connectivity index (χ1v) is 8.71. The zero-order valence-corrected chi connectivity index (χ0v) is 15.4. The number of halogens is 1. The molecule has 0 radical (unpaired) electrons. The van der Waals surface area contributed by atoms with Crippen molar-refractivity contribution in [3.63, 3.8) is 0 Å². The van der Waals surface area contributed by atoms with E-state index in [0.717, 1.165) is 11.1 Å². The van der Waals surface area contributed by atoms with Crippen molar-refractivity contribution in [1.82, 2.24) is 4.98 Å². The van der Waals surface area contributed by atoms with E-state index in [9.17, 15) is 10.1 Å². The van der Waals surface area contributed by atoms with Crippen molar-refractivity contribution < 1.29 is 9.21 Å². The van der Waals surface area contributed by atoms with E-state index < -0.39 is 0 Å². The Balaban J connectivity index is 1.58. The molecule has 2 aromatic carbocycles. The average molecular weight is 381 g/mol. The Labute approximate surface area is 161 Å². The van der Waals surface area contributed by atoms with E-state index in [-0.39, 0.29) is 23.9 Å². The first-order chi connectivity index (χ1) is 13.1. The first kappa shape index (κ1) is 18.5. The summed E-state index contributed by atoms with van der Waals surface area (Å²) in [6.45, 7) is 2.19. The van der Waals surface area contributed by atoms with E-state index in [2.05, 4.69) is 15.6 Å². The van der Waals surface area contributed by atoms with Crippen LogP contribution in [0.4, 0.5) is 11.6 Å². The average Bonchev–Trinajstić information content (AvgIpc) is 3.09.